The molecule has 4 aromatic carbocycles. The second-order valence-corrected chi connectivity index (χ2v) is 10.1. The molecule has 40 heavy (non-hydrogen) atoms. The van der Waals surface area contributed by atoms with Crippen molar-refractivity contribution in [3.63, 3.8) is 0 Å². The van der Waals surface area contributed by atoms with Crippen molar-refractivity contribution >= 4 is 6.02 Å². The lowest BCUT2D eigenvalue weighted by molar-refractivity contribution is -0.112. The summed E-state index contributed by atoms with van der Waals surface area (Å²) in [5, 5.41) is 12.1. The van der Waals surface area contributed by atoms with Gasteiger partial charge in [-0.25, -0.2) is 0 Å². The number of aliphatic imine (C=N–C) groups is 1. The van der Waals surface area contributed by atoms with E-state index in [9.17, 15) is 5.11 Å². The normalized spacial score (nSPS) is 19.8. The molecule has 4 aromatic rings. The Bertz CT molecular complexity index is 1490. The van der Waals surface area contributed by atoms with E-state index >= 15 is 0 Å². The average molecular weight is 537 g/mol. The molecule has 7 heteroatoms. The number of amidine groups is 1. The molecule has 2 aliphatic heterocycles. The van der Waals surface area contributed by atoms with E-state index in [2.05, 4.69) is 12.1 Å². The Kier molecular flexibility index (Phi) is 7.05. The summed E-state index contributed by atoms with van der Waals surface area (Å²) in [6, 6.07) is 33.6. The zero-order valence-electron chi connectivity index (χ0n) is 22.6. The van der Waals surface area contributed by atoms with Gasteiger partial charge in [-0.1, -0.05) is 84.9 Å². The predicted molar refractivity (Wildman–Crippen MR) is 152 cm³/mol. The third kappa shape index (κ3) is 4.96. The maximum absolute atomic E-state index is 12.1. The number of aliphatic hydroxyl groups is 1. The van der Waals surface area contributed by atoms with Crippen LogP contribution in [0.2, 0.25) is 0 Å². The highest BCUT2D eigenvalue weighted by molar-refractivity contribution is 5.77. The first kappa shape index (κ1) is 25.8. The van der Waals surface area contributed by atoms with Gasteiger partial charge in [-0.2, -0.15) is 4.99 Å². The van der Waals surface area contributed by atoms with Crippen LogP contribution in [0.4, 0.5) is 0 Å². The lowest BCUT2D eigenvalue weighted by Gasteiger charge is -2.40. The molecular weight excluding hydrogens is 504 g/mol. The second kappa shape index (κ2) is 10.9. The van der Waals surface area contributed by atoms with E-state index in [4.69, 9.17) is 23.9 Å². The SMILES string of the molecule is COc1ccc2c(c1)O[C@@]1([C@@H](O)c3ccccc3OCc3ccccc3)N=C(N(C)Cc3ccccc3)O[C@H]1C2. The molecule has 0 unspecified atom stereocenters. The minimum absolute atomic E-state index is 0.368. The standard InChI is InChI=1S/C33H32N2O5/c1-35(21-23-11-5-3-6-12-23)32-34-33(30(39-32)19-25-17-18-26(37-2)20-29(25)40-33)31(36)27-15-9-10-16-28(27)38-22-24-13-7-4-8-14-24/h3-18,20,30-31,36H,19,21-22H2,1-2H3/t30-,31-,33-/m0/s1. The Balaban J connectivity index is 1.36. The van der Waals surface area contributed by atoms with Gasteiger partial charge in [-0.05, 0) is 28.8 Å². The van der Waals surface area contributed by atoms with Gasteiger partial charge in [0.05, 0.1) is 7.11 Å². The van der Waals surface area contributed by atoms with Gasteiger partial charge >= 0.3 is 0 Å². The first-order valence-corrected chi connectivity index (χ1v) is 13.4. The van der Waals surface area contributed by atoms with Crippen molar-refractivity contribution in [1.82, 2.24) is 4.90 Å². The summed E-state index contributed by atoms with van der Waals surface area (Å²) in [6.07, 6.45) is -1.22. The second-order valence-electron chi connectivity index (χ2n) is 10.1. The highest BCUT2D eigenvalue weighted by Crippen LogP contribution is 2.48. The van der Waals surface area contributed by atoms with Crippen molar-refractivity contribution in [2.45, 2.75) is 37.5 Å². The predicted octanol–water partition coefficient (Wildman–Crippen LogP) is 5.53. The molecule has 0 aliphatic carbocycles. The molecule has 0 amide bonds. The number of methoxy groups -OCH3 is 1. The highest BCUT2D eigenvalue weighted by Gasteiger charge is 2.58. The van der Waals surface area contributed by atoms with Gasteiger partial charge in [-0.15, -0.1) is 0 Å². The number of aliphatic hydroxyl groups excluding tert-OH is 1. The maximum atomic E-state index is 12.1. The minimum Gasteiger partial charge on any atom is -0.497 e. The molecule has 0 fully saturated rings. The molecule has 2 aliphatic rings. The van der Waals surface area contributed by atoms with Gasteiger partial charge in [0.15, 0.2) is 6.10 Å². The first-order valence-electron chi connectivity index (χ1n) is 13.4. The monoisotopic (exact) mass is 536 g/mol. The fourth-order valence-corrected chi connectivity index (χ4v) is 5.23. The van der Waals surface area contributed by atoms with E-state index in [1.54, 1.807) is 7.11 Å². The van der Waals surface area contributed by atoms with Gasteiger partial charge < -0.3 is 29.0 Å². The van der Waals surface area contributed by atoms with Gasteiger partial charge in [0, 0.05) is 31.6 Å². The molecule has 7 nitrogen and oxygen atoms in total. The number of ether oxygens (including phenoxy) is 4. The molecule has 3 atom stereocenters. The van der Waals surface area contributed by atoms with E-state index in [0.717, 1.165) is 16.7 Å². The quantitative estimate of drug-likeness (QED) is 0.320. The summed E-state index contributed by atoms with van der Waals surface area (Å²) in [6.45, 7) is 0.961. The summed E-state index contributed by atoms with van der Waals surface area (Å²) >= 11 is 0. The van der Waals surface area contributed by atoms with Crippen LogP contribution in [0.25, 0.3) is 0 Å². The molecule has 6 rings (SSSR count). The molecule has 2 heterocycles. The largest absolute Gasteiger partial charge is 0.497 e. The smallest absolute Gasteiger partial charge is 0.291 e. The molecule has 0 spiro atoms. The van der Waals surface area contributed by atoms with Crippen molar-refractivity contribution in [3.8, 4) is 17.2 Å². The third-order valence-corrected chi connectivity index (χ3v) is 7.36. The van der Waals surface area contributed by atoms with Crippen LogP contribution >= 0.6 is 0 Å². The fraction of sp³-hybridized carbons (Fsp3) is 0.242. The van der Waals surface area contributed by atoms with Gasteiger partial charge in [0.1, 0.15) is 30.0 Å². The molecule has 0 radical (unpaired) electrons. The van der Waals surface area contributed by atoms with E-state index < -0.39 is 17.9 Å². The van der Waals surface area contributed by atoms with Crippen molar-refractivity contribution in [2.75, 3.05) is 14.2 Å². The summed E-state index contributed by atoms with van der Waals surface area (Å²) in [4.78, 5) is 6.92. The Labute approximate surface area is 234 Å². The summed E-state index contributed by atoms with van der Waals surface area (Å²) < 4.78 is 24.7. The highest BCUT2D eigenvalue weighted by atomic mass is 16.6. The molecule has 0 saturated heterocycles. The Morgan fingerprint density at radius 1 is 0.950 bits per heavy atom. The third-order valence-electron chi connectivity index (χ3n) is 7.36. The molecular formula is C33H32N2O5. The van der Waals surface area contributed by atoms with Crippen LogP contribution in [0, 0.1) is 0 Å². The maximum Gasteiger partial charge on any atom is 0.291 e. The number of nitrogens with zero attached hydrogens (tertiary/aromatic N) is 2. The van der Waals surface area contributed by atoms with Crippen molar-refractivity contribution in [2.24, 2.45) is 4.99 Å². The van der Waals surface area contributed by atoms with Crippen molar-refractivity contribution in [3.05, 3.63) is 125 Å². The van der Waals surface area contributed by atoms with E-state index in [1.165, 1.54) is 0 Å². The van der Waals surface area contributed by atoms with Gasteiger partial charge in [0.25, 0.3) is 11.7 Å². The Morgan fingerprint density at radius 2 is 1.65 bits per heavy atom. The van der Waals surface area contributed by atoms with Crippen LogP contribution in [0.5, 0.6) is 17.2 Å². The molecule has 0 bridgehead atoms. The number of fused-ring (bicyclic) bond motifs is 2. The summed E-state index contributed by atoms with van der Waals surface area (Å²) in [5.74, 6) is 1.84. The van der Waals surface area contributed by atoms with Crippen LogP contribution in [-0.2, 0) is 24.3 Å². The number of hydrogen-bond acceptors (Lipinski definition) is 7. The topological polar surface area (TPSA) is 72.8 Å². The van der Waals surface area contributed by atoms with Crippen LogP contribution in [0.15, 0.2) is 108 Å². The van der Waals surface area contributed by atoms with Crippen LogP contribution in [0.3, 0.4) is 0 Å². The fourth-order valence-electron chi connectivity index (χ4n) is 5.23. The number of rotatable bonds is 8. The van der Waals surface area contributed by atoms with Gasteiger partial charge in [-0.3, -0.25) is 0 Å². The Morgan fingerprint density at radius 3 is 2.40 bits per heavy atom. The van der Waals surface area contributed by atoms with E-state index in [-0.39, 0.29) is 0 Å². The minimum atomic E-state index is -1.42. The van der Waals surface area contributed by atoms with Gasteiger partial charge in [0.2, 0.25) is 0 Å². The molecule has 1 N–H and O–H groups in total. The van der Waals surface area contributed by atoms with Crippen LogP contribution < -0.4 is 14.2 Å². The average Bonchev–Trinajstić information content (AvgIpc) is 3.39. The van der Waals surface area contributed by atoms with Crippen molar-refractivity contribution in [1.29, 1.82) is 0 Å². The molecule has 0 saturated carbocycles. The molecule has 204 valence electrons. The molecule has 0 aromatic heterocycles. The Hall–Kier alpha value is -4.49. The van der Waals surface area contributed by atoms with E-state index in [0.29, 0.717) is 48.4 Å². The van der Waals surface area contributed by atoms with Crippen LogP contribution in [0.1, 0.15) is 28.4 Å². The van der Waals surface area contributed by atoms with E-state index in [1.807, 2.05) is 103 Å². The zero-order chi connectivity index (χ0) is 27.5. The number of para-hydroxylation sites is 1. The summed E-state index contributed by atoms with van der Waals surface area (Å²) in [7, 11) is 3.54. The number of hydrogen-bond donors (Lipinski definition) is 1. The van der Waals surface area contributed by atoms with Crippen LogP contribution in [-0.4, -0.2) is 42.0 Å². The lowest BCUT2D eigenvalue weighted by atomic mass is 9.87. The summed E-state index contributed by atoms with van der Waals surface area (Å²) in [5.41, 5.74) is 2.27. The zero-order valence-corrected chi connectivity index (χ0v) is 22.6. The van der Waals surface area contributed by atoms with Crippen molar-refractivity contribution < 1.29 is 24.1 Å². The first-order chi connectivity index (χ1) is 19.6. The lowest BCUT2D eigenvalue weighted by Crippen LogP contribution is -2.52. The number of benzene rings is 4.